The molecule has 0 bridgehead atoms. The van der Waals surface area contributed by atoms with E-state index in [9.17, 15) is 0 Å². The van der Waals surface area contributed by atoms with Crippen molar-refractivity contribution in [2.24, 2.45) is 0 Å². The average molecular weight is 248 g/mol. The van der Waals surface area contributed by atoms with Crippen LogP contribution in [0.3, 0.4) is 0 Å². The summed E-state index contributed by atoms with van der Waals surface area (Å²) in [6, 6.07) is 5.91. The summed E-state index contributed by atoms with van der Waals surface area (Å²) in [7, 11) is 0. The number of nitrogens with zero attached hydrogens (tertiary/aromatic N) is 1. The minimum atomic E-state index is 0.0834. The first-order chi connectivity index (χ1) is 8.86. The van der Waals surface area contributed by atoms with Gasteiger partial charge in [-0.1, -0.05) is 6.07 Å². The van der Waals surface area contributed by atoms with E-state index in [2.05, 4.69) is 10.3 Å². The Balaban J connectivity index is 1.50. The molecule has 0 saturated carbocycles. The fourth-order valence-corrected chi connectivity index (χ4v) is 2.83. The third-order valence-corrected chi connectivity index (χ3v) is 3.88. The quantitative estimate of drug-likeness (QED) is 0.880. The van der Waals surface area contributed by atoms with E-state index >= 15 is 0 Å². The Bertz CT molecular complexity index is 377. The maximum Gasteiger partial charge on any atom is 0.0892 e. The Morgan fingerprint density at radius 3 is 3.06 bits per heavy atom. The lowest BCUT2D eigenvalue weighted by molar-refractivity contribution is -0.0242. The molecule has 2 aliphatic rings. The largest absolute Gasteiger partial charge is 0.372 e. The van der Waals surface area contributed by atoms with Gasteiger partial charge in [-0.05, 0) is 38.1 Å². The van der Waals surface area contributed by atoms with Crippen LogP contribution >= 0.6 is 0 Å². The van der Waals surface area contributed by atoms with E-state index in [1.54, 1.807) is 6.20 Å². The van der Waals surface area contributed by atoms with Gasteiger partial charge in [-0.25, -0.2) is 0 Å². The topological polar surface area (TPSA) is 43.4 Å². The van der Waals surface area contributed by atoms with Gasteiger partial charge in [-0.2, -0.15) is 0 Å². The van der Waals surface area contributed by atoms with Crippen molar-refractivity contribution in [3.8, 4) is 0 Å². The molecule has 3 rings (SSSR count). The summed E-state index contributed by atoms with van der Waals surface area (Å²) >= 11 is 0. The van der Waals surface area contributed by atoms with E-state index < -0.39 is 0 Å². The van der Waals surface area contributed by atoms with Crippen LogP contribution in [0.5, 0.6) is 0 Å². The standard InChI is InChI=1S/C14H20N2O2/c1-2-6-16-12(3-1)10-17-13-9-14(18-11-13)4-7-15-8-5-14/h1-3,6,13,15H,4-5,7-11H2/t13-/m1/s1. The van der Waals surface area contributed by atoms with Crippen molar-refractivity contribution in [2.75, 3.05) is 19.7 Å². The minimum absolute atomic E-state index is 0.0834. The molecule has 0 radical (unpaired) electrons. The summed E-state index contributed by atoms with van der Waals surface area (Å²) in [5, 5.41) is 3.38. The second-order valence-electron chi connectivity index (χ2n) is 5.20. The first kappa shape index (κ1) is 12.1. The van der Waals surface area contributed by atoms with Crippen LogP contribution in [0.25, 0.3) is 0 Å². The Morgan fingerprint density at radius 1 is 1.39 bits per heavy atom. The minimum Gasteiger partial charge on any atom is -0.372 e. The van der Waals surface area contributed by atoms with E-state index in [-0.39, 0.29) is 11.7 Å². The van der Waals surface area contributed by atoms with Crippen LogP contribution in [0.1, 0.15) is 25.0 Å². The summed E-state index contributed by atoms with van der Waals surface area (Å²) in [6.45, 7) is 3.44. The number of nitrogens with one attached hydrogen (secondary N) is 1. The van der Waals surface area contributed by atoms with Crippen LogP contribution in [-0.2, 0) is 16.1 Å². The van der Waals surface area contributed by atoms with Gasteiger partial charge in [0.05, 0.1) is 30.6 Å². The maximum atomic E-state index is 6.00. The number of ether oxygens (including phenoxy) is 2. The number of piperidine rings is 1. The summed E-state index contributed by atoms with van der Waals surface area (Å²) in [6.07, 6.45) is 5.28. The fourth-order valence-electron chi connectivity index (χ4n) is 2.83. The molecule has 1 atom stereocenters. The third kappa shape index (κ3) is 2.71. The van der Waals surface area contributed by atoms with Crippen molar-refractivity contribution >= 4 is 0 Å². The molecule has 4 nitrogen and oxygen atoms in total. The first-order valence-corrected chi connectivity index (χ1v) is 6.73. The smallest absolute Gasteiger partial charge is 0.0892 e. The summed E-state index contributed by atoms with van der Waals surface area (Å²) in [5.74, 6) is 0. The zero-order chi connectivity index (χ0) is 12.3. The van der Waals surface area contributed by atoms with Crippen LogP contribution < -0.4 is 5.32 Å². The normalized spacial score (nSPS) is 26.6. The second kappa shape index (κ2) is 5.34. The highest BCUT2D eigenvalue weighted by atomic mass is 16.6. The van der Waals surface area contributed by atoms with Crippen molar-refractivity contribution < 1.29 is 9.47 Å². The molecule has 2 aliphatic heterocycles. The van der Waals surface area contributed by atoms with Crippen molar-refractivity contribution in [2.45, 2.75) is 37.6 Å². The zero-order valence-corrected chi connectivity index (χ0v) is 10.6. The molecule has 1 spiro atoms. The summed E-state index contributed by atoms with van der Waals surface area (Å²) in [5.41, 5.74) is 1.07. The fraction of sp³-hybridized carbons (Fsp3) is 0.643. The molecule has 4 heteroatoms. The average Bonchev–Trinajstić information content (AvgIpc) is 2.82. The Labute approximate surface area is 108 Å². The monoisotopic (exact) mass is 248 g/mol. The van der Waals surface area contributed by atoms with Gasteiger partial charge in [-0.15, -0.1) is 0 Å². The van der Waals surface area contributed by atoms with E-state index in [0.29, 0.717) is 6.61 Å². The van der Waals surface area contributed by atoms with E-state index in [4.69, 9.17) is 9.47 Å². The van der Waals surface area contributed by atoms with Crippen molar-refractivity contribution in [3.63, 3.8) is 0 Å². The molecule has 2 fully saturated rings. The van der Waals surface area contributed by atoms with E-state index in [1.807, 2.05) is 18.2 Å². The second-order valence-corrected chi connectivity index (χ2v) is 5.20. The van der Waals surface area contributed by atoms with Gasteiger partial charge in [0.25, 0.3) is 0 Å². The van der Waals surface area contributed by atoms with Gasteiger partial charge < -0.3 is 14.8 Å². The van der Waals surface area contributed by atoms with Crippen LogP contribution in [0, 0.1) is 0 Å². The van der Waals surface area contributed by atoms with Crippen LogP contribution in [0.4, 0.5) is 0 Å². The van der Waals surface area contributed by atoms with Crippen molar-refractivity contribution in [1.29, 1.82) is 0 Å². The Hall–Kier alpha value is -0.970. The van der Waals surface area contributed by atoms with Crippen LogP contribution in [0.2, 0.25) is 0 Å². The molecule has 1 aromatic rings. The molecule has 0 amide bonds. The highest BCUT2D eigenvalue weighted by molar-refractivity contribution is 5.02. The molecular weight excluding hydrogens is 228 g/mol. The predicted octanol–water partition coefficient (Wildman–Crippen LogP) is 1.51. The lowest BCUT2D eigenvalue weighted by Crippen LogP contribution is -2.41. The number of rotatable bonds is 3. The lowest BCUT2D eigenvalue weighted by atomic mass is 9.89. The Morgan fingerprint density at radius 2 is 2.28 bits per heavy atom. The van der Waals surface area contributed by atoms with Gasteiger partial charge in [0.15, 0.2) is 0 Å². The molecule has 1 aromatic heterocycles. The van der Waals surface area contributed by atoms with Crippen molar-refractivity contribution in [1.82, 2.24) is 10.3 Å². The van der Waals surface area contributed by atoms with E-state index in [1.165, 1.54) is 0 Å². The third-order valence-electron chi connectivity index (χ3n) is 3.88. The SMILES string of the molecule is c1ccc(CO[C@H]2COC3(CCNCC3)C2)nc1. The molecule has 3 heterocycles. The molecule has 18 heavy (non-hydrogen) atoms. The molecule has 98 valence electrons. The number of hydrogen-bond acceptors (Lipinski definition) is 4. The van der Waals surface area contributed by atoms with E-state index in [0.717, 1.165) is 44.7 Å². The van der Waals surface area contributed by atoms with Gasteiger partial charge in [0.1, 0.15) is 0 Å². The summed E-state index contributed by atoms with van der Waals surface area (Å²) in [4.78, 5) is 4.27. The van der Waals surface area contributed by atoms with Crippen LogP contribution in [-0.4, -0.2) is 36.4 Å². The van der Waals surface area contributed by atoms with Gasteiger partial charge in [-0.3, -0.25) is 4.98 Å². The number of pyridine rings is 1. The number of aromatic nitrogens is 1. The molecule has 0 unspecified atom stereocenters. The molecule has 1 N–H and O–H groups in total. The molecule has 0 aliphatic carbocycles. The molecular formula is C14H20N2O2. The Kier molecular flexibility index (Phi) is 3.59. The lowest BCUT2D eigenvalue weighted by Gasteiger charge is -2.32. The molecule has 0 aromatic carbocycles. The zero-order valence-electron chi connectivity index (χ0n) is 10.6. The van der Waals surface area contributed by atoms with Gasteiger partial charge in [0, 0.05) is 12.6 Å². The van der Waals surface area contributed by atoms with Crippen LogP contribution in [0.15, 0.2) is 24.4 Å². The highest BCUT2D eigenvalue weighted by Gasteiger charge is 2.41. The summed E-state index contributed by atoms with van der Waals surface area (Å²) < 4.78 is 11.9. The highest BCUT2D eigenvalue weighted by Crippen LogP contribution is 2.35. The first-order valence-electron chi connectivity index (χ1n) is 6.73. The van der Waals surface area contributed by atoms with Gasteiger partial charge in [0.2, 0.25) is 0 Å². The molecule has 2 saturated heterocycles. The predicted molar refractivity (Wildman–Crippen MR) is 68.2 cm³/mol. The van der Waals surface area contributed by atoms with Crippen molar-refractivity contribution in [3.05, 3.63) is 30.1 Å². The number of hydrogen-bond donors (Lipinski definition) is 1. The van der Waals surface area contributed by atoms with Gasteiger partial charge >= 0.3 is 0 Å². The maximum absolute atomic E-state index is 6.00.